The van der Waals surface area contributed by atoms with Crippen LogP contribution in [0.15, 0.2) is 53.5 Å². The van der Waals surface area contributed by atoms with E-state index >= 15 is 0 Å². The van der Waals surface area contributed by atoms with E-state index in [9.17, 15) is 4.39 Å². The lowest BCUT2D eigenvalue weighted by Gasteiger charge is -2.13. The monoisotopic (exact) mass is 443 g/mol. The van der Waals surface area contributed by atoms with Crippen molar-refractivity contribution in [2.24, 2.45) is 4.99 Å². The molecule has 0 heterocycles. The fraction of sp³-hybridized carbons (Fsp3) is 0.278. The van der Waals surface area contributed by atoms with Crippen LogP contribution in [0.2, 0.25) is 0 Å². The van der Waals surface area contributed by atoms with E-state index in [1.807, 2.05) is 12.1 Å². The van der Waals surface area contributed by atoms with Crippen LogP contribution >= 0.6 is 24.0 Å². The smallest absolute Gasteiger partial charge is 0.191 e. The van der Waals surface area contributed by atoms with Crippen LogP contribution in [0.5, 0.6) is 5.75 Å². The van der Waals surface area contributed by atoms with Gasteiger partial charge in [-0.2, -0.15) is 0 Å². The van der Waals surface area contributed by atoms with Crippen LogP contribution in [0.3, 0.4) is 0 Å². The highest BCUT2D eigenvalue weighted by Crippen LogP contribution is 2.11. The van der Waals surface area contributed by atoms with Crippen molar-refractivity contribution < 1.29 is 9.13 Å². The molecule has 6 heteroatoms. The number of ether oxygens (including phenoxy) is 1. The van der Waals surface area contributed by atoms with Crippen molar-refractivity contribution in [3.05, 3.63) is 65.5 Å². The number of nitrogens with one attached hydrogen (secondary N) is 2. The van der Waals surface area contributed by atoms with Crippen LogP contribution in [0.4, 0.5) is 4.39 Å². The van der Waals surface area contributed by atoms with Gasteiger partial charge < -0.3 is 15.4 Å². The molecule has 0 amide bonds. The Hall–Kier alpha value is -1.83. The standard InChI is InChI=1S/C18H22FN3O.HI/c1-14-6-3-4-7-15(14)13-22-18(20-2)21-10-11-23-17-9-5-8-16(19)12-17;/h3-9,12H,10-11,13H2,1-2H3,(H2,20,21,22);1H. The summed E-state index contributed by atoms with van der Waals surface area (Å²) in [6.45, 7) is 3.79. The topological polar surface area (TPSA) is 45.7 Å². The van der Waals surface area contributed by atoms with Gasteiger partial charge in [0.25, 0.3) is 0 Å². The second kappa shape index (κ2) is 10.9. The van der Waals surface area contributed by atoms with Gasteiger partial charge in [-0.3, -0.25) is 4.99 Å². The summed E-state index contributed by atoms with van der Waals surface area (Å²) in [7, 11) is 1.72. The molecule has 0 fully saturated rings. The summed E-state index contributed by atoms with van der Waals surface area (Å²) < 4.78 is 18.5. The minimum absolute atomic E-state index is 0. The van der Waals surface area contributed by atoms with Gasteiger partial charge in [0.2, 0.25) is 0 Å². The molecule has 0 atom stereocenters. The first kappa shape index (κ1) is 20.2. The number of aryl methyl sites for hydroxylation is 1. The number of nitrogens with zero attached hydrogens (tertiary/aromatic N) is 1. The fourth-order valence-electron chi connectivity index (χ4n) is 2.10. The summed E-state index contributed by atoms with van der Waals surface area (Å²) in [5.74, 6) is 0.928. The highest BCUT2D eigenvalue weighted by atomic mass is 127. The van der Waals surface area contributed by atoms with Crippen LogP contribution < -0.4 is 15.4 Å². The van der Waals surface area contributed by atoms with Crippen molar-refractivity contribution in [3.63, 3.8) is 0 Å². The number of aliphatic imine (C=N–C) groups is 1. The van der Waals surface area contributed by atoms with Crippen molar-refractivity contribution in [1.29, 1.82) is 0 Å². The summed E-state index contributed by atoms with van der Waals surface area (Å²) in [6, 6.07) is 14.3. The SMILES string of the molecule is CN=C(NCCOc1cccc(F)c1)NCc1ccccc1C.I. The number of rotatable bonds is 6. The van der Waals surface area contributed by atoms with Crippen LogP contribution in [0, 0.1) is 12.7 Å². The number of benzene rings is 2. The summed E-state index contributed by atoms with van der Waals surface area (Å²) in [5, 5.41) is 6.42. The van der Waals surface area contributed by atoms with Crippen molar-refractivity contribution in [1.82, 2.24) is 10.6 Å². The summed E-state index contributed by atoms with van der Waals surface area (Å²) in [6.07, 6.45) is 0. The Balaban J connectivity index is 0.00000288. The van der Waals surface area contributed by atoms with Gasteiger partial charge in [-0.1, -0.05) is 30.3 Å². The number of halogens is 2. The van der Waals surface area contributed by atoms with Gasteiger partial charge in [0.15, 0.2) is 5.96 Å². The molecule has 0 unspecified atom stereocenters. The number of hydrogen-bond donors (Lipinski definition) is 2. The Labute approximate surface area is 159 Å². The molecule has 0 spiro atoms. The molecular formula is C18H23FIN3O. The Morgan fingerprint density at radius 3 is 2.62 bits per heavy atom. The molecule has 0 aliphatic carbocycles. The van der Waals surface area contributed by atoms with Gasteiger partial charge in [-0.05, 0) is 30.2 Å². The van der Waals surface area contributed by atoms with Crippen LogP contribution in [0.1, 0.15) is 11.1 Å². The average molecular weight is 443 g/mol. The normalized spacial score (nSPS) is 10.7. The third-order valence-corrected chi connectivity index (χ3v) is 3.39. The molecule has 130 valence electrons. The largest absolute Gasteiger partial charge is 0.492 e. The van der Waals surface area contributed by atoms with Crippen molar-refractivity contribution in [3.8, 4) is 5.75 Å². The second-order valence-corrected chi connectivity index (χ2v) is 5.08. The van der Waals surface area contributed by atoms with Gasteiger partial charge >= 0.3 is 0 Å². The highest BCUT2D eigenvalue weighted by Gasteiger charge is 2.01. The van der Waals surface area contributed by atoms with Crippen molar-refractivity contribution >= 4 is 29.9 Å². The molecule has 2 aromatic carbocycles. The van der Waals surface area contributed by atoms with E-state index in [-0.39, 0.29) is 29.8 Å². The Bertz CT molecular complexity index is 664. The van der Waals surface area contributed by atoms with E-state index in [2.05, 4.69) is 34.7 Å². The van der Waals surface area contributed by atoms with E-state index in [1.165, 1.54) is 23.3 Å². The molecule has 0 saturated heterocycles. The van der Waals surface area contributed by atoms with Crippen LogP contribution in [-0.4, -0.2) is 26.2 Å². The molecule has 4 nitrogen and oxygen atoms in total. The third-order valence-electron chi connectivity index (χ3n) is 3.39. The molecule has 2 rings (SSSR count). The summed E-state index contributed by atoms with van der Waals surface area (Å²) in [5.41, 5.74) is 2.47. The van der Waals surface area contributed by atoms with Crippen LogP contribution in [0.25, 0.3) is 0 Å². The Morgan fingerprint density at radius 1 is 1.12 bits per heavy atom. The molecule has 0 saturated carbocycles. The highest BCUT2D eigenvalue weighted by molar-refractivity contribution is 14.0. The van der Waals surface area contributed by atoms with Gasteiger partial charge in [0.1, 0.15) is 18.2 Å². The first-order valence-electron chi connectivity index (χ1n) is 7.56. The van der Waals surface area contributed by atoms with Crippen LogP contribution in [-0.2, 0) is 6.54 Å². The Kier molecular flexibility index (Phi) is 9.14. The van der Waals surface area contributed by atoms with E-state index in [4.69, 9.17) is 4.74 Å². The number of hydrogen-bond acceptors (Lipinski definition) is 2. The first-order chi connectivity index (χ1) is 11.2. The first-order valence-corrected chi connectivity index (χ1v) is 7.56. The van der Waals surface area contributed by atoms with Gasteiger partial charge in [0.05, 0.1) is 6.54 Å². The molecule has 0 bridgehead atoms. The molecule has 0 aliphatic heterocycles. The molecule has 0 radical (unpaired) electrons. The third kappa shape index (κ3) is 6.74. The Morgan fingerprint density at radius 2 is 1.92 bits per heavy atom. The molecule has 2 aromatic rings. The minimum atomic E-state index is -0.300. The van der Waals surface area contributed by atoms with Gasteiger partial charge in [-0.25, -0.2) is 4.39 Å². The maximum Gasteiger partial charge on any atom is 0.191 e. The maximum atomic E-state index is 13.0. The molecule has 0 aliphatic rings. The molecule has 0 aromatic heterocycles. The summed E-state index contributed by atoms with van der Waals surface area (Å²) >= 11 is 0. The zero-order valence-electron chi connectivity index (χ0n) is 13.9. The summed E-state index contributed by atoms with van der Waals surface area (Å²) in [4.78, 5) is 4.17. The van der Waals surface area contributed by atoms with Crippen molar-refractivity contribution in [2.45, 2.75) is 13.5 Å². The lowest BCUT2D eigenvalue weighted by atomic mass is 10.1. The molecular weight excluding hydrogens is 420 g/mol. The zero-order chi connectivity index (χ0) is 16.5. The van der Waals surface area contributed by atoms with E-state index < -0.39 is 0 Å². The average Bonchev–Trinajstić information content (AvgIpc) is 2.55. The van der Waals surface area contributed by atoms with E-state index in [0.29, 0.717) is 31.4 Å². The van der Waals surface area contributed by atoms with Crippen molar-refractivity contribution in [2.75, 3.05) is 20.2 Å². The van der Waals surface area contributed by atoms with E-state index in [0.717, 1.165) is 0 Å². The predicted molar refractivity (Wildman–Crippen MR) is 107 cm³/mol. The van der Waals surface area contributed by atoms with E-state index in [1.54, 1.807) is 19.2 Å². The molecule has 2 N–H and O–H groups in total. The van der Waals surface area contributed by atoms with Gasteiger partial charge in [-0.15, -0.1) is 24.0 Å². The maximum absolute atomic E-state index is 13.0. The lowest BCUT2D eigenvalue weighted by molar-refractivity contribution is 0.320. The molecule has 24 heavy (non-hydrogen) atoms. The second-order valence-electron chi connectivity index (χ2n) is 5.08. The zero-order valence-corrected chi connectivity index (χ0v) is 16.2. The quantitative estimate of drug-likeness (QED) is 0.311. The number of guanidine groups is 1. The fourth-order valence-corrected chi connectivity index (χ4v) is 2.10. The predicted octanol–water partition coefficient (Wildman–Crippen LogP) is 3.50. The minimum Gasteiger partial charge on any atom is -0.492 e. The lowest BCUT2D eigenvalue weighted by Crippen LogP contribution is -2.39. The van der Waals surface area contributed by atoms with Gasteiger partial charge in [0, 0.05) is 19.7 Å².